The quantitative estimate of drug-likeness (QED) is 0.886. The van der Waals surface area contributed by atoms with E-state index in [-0.39, 0.29) is 0 Å². The summed E-state index contributed by atoms with van der Waals surface area (Å²) < 4.78 is 0. The van der Waals surface area contributed by atoms with Crippen LogP contribution in [0.1, 0.15) is 39.2 Å². The lowest BCUT2D eigenvalue weighted by Gasteiger charge is -2.43. The third-order valence-electron chi connectivity index (χ3n) is 5.16. The van der Waals surface area contributed by atoms with Crippen molar-refractivity contribution < 1.29 is 0 Å². The van der Waals surface area contributed by atoms with E-state index in [0.29, 0.717) is 17.4 Å². The van der Waals surface area contributed by atoms with Gasteiger partial charge in [-0.25, -0.2) is 0 Å². The summed E-state index contributed by atoms with van der Waals surface area (Å²) in [6, 6.07) is 11.8. The van der Waals surface area contributed by atoms with Crippen LogP contribution in [0.3, 0.4) is 0 Å². The fraction of sp³-hybridized carbons (Fsp3) is 0.667. The zero-order chi connectivity index (χ0) is 14.6. The van der Waals surface area contributed by atoms with Crippen LogP contribution >= 0.6 is 0 Å². The highest BCUT2D eigenvalue weighted by Gasteiger charge is 2.35. The lowest BCUT2D eigenvalue weighted by Crippen LogP contribution is -2.49. The molecule has 0 bridgehead atoms. The van der Waals surface area contributed by atoms with Gasteiger partial charge in [-0.2, -0.15) is 0 Å². The van der Waals surface area contributed by atoms with E-state index in [1.165, 1.54) is 18.4 Å². The maximum atomic E-state index is 3.52. The Kier molecular flexibility index (Phi) is 5.22. The normalized spacial score (nSPS) is 20.3. The number of piperidine rings is 1. The number of benzene rings is 1. The molecule has 2 rings (SSSR count). The Balaban J connectivity index is 2.20. The number of hydrogen-bond donors (Lipinski definition) is 1. The van der Waals surface area contributed by atoms with E-state index < -0.39 is 0 Å². The van der Waals surface area contributed by atoms with Gasteiger partial charge in [0.05, 0.1) is 0 Å². The molecule has 0 radical (unpaired) electrons. The van der Waals surface area contributed by atoms with E-state index in [0.717, 1.165) is 19.6 Å². The van der Waals surface area contributed by atoms with E-state index in [1.54, 1.807) is 0 Å². The first kappa shape index (κ1) is 15.5. The molecule has 1 unspecified atom stereocenters. The maximum Gasteiger partial charge on any atom is 0.0104 e. The second-order valence-electron chi connectivity index (χ2n) is 6.80. The van der Waals surface area contributed by atoms with Gasteiger partial charge in [-0.15, -0.1) is 0 Å². The fourth-order valence-electron chi connectivity index (χ4n) is 3.37. The Morgan fingerprint density at radius 1 is 1.10 bits per heavy atom. The van der Waals surface area contributed by atoms with Gasteiger partial charge in [-0.1, -0.05) is 44.2 Å². The van der Waals surface area contributed by atoms with Crippen molar-refractivity contribution in [3.8, 4) is 0 Å². The summed E-state index contributed by atoms with van der Waals surface area (Å²) in [6.07, 6.45) is 2.48. The van der Waals surface area contributed by atoms with Crippen LogP contribution in [0, 0.1) is 5.92 Å². The minimum Gasteiger partial charge on any atom is -0.317 e. The summed E-state index contributed by atoms with van der Waals surface area (Å²) in [5.74, 6) is 0.703. The maximum absolute atomic E-state index is 3.52. The average molecular weight is 274 g/mol. The molecule has 1 fully saturated rings. The van der Waals surface area contributed by atoms with Gasteiger partial charge in [0, 0.05) is 18.0 Å². The lowest BCUT2D eigenvalue weighted by atomic mass is 9.72. The molecule has 1 aromatic carbocycles. The first-order valence-corrected chi connectivity index (χ1v) is 8.02. The lowest BCUT2D eigenvalue weighted by molar-refractivity contribution is 0.141. The molecule has 0 aromatic heterocycles. The van der Waals surface area contributed by atoms with Gasteiger partial charge in [-0.3, -0.25) is 0 Å². The summed E-state index contributed by atoms with van der Waals surface area (Å²) in [6.45, 7) is 10.4. The van der Waals surface area contributed by atoms with E-state index in [4.69, 9.17) is 0 Å². The molecular weight excluding hydrogens is 244 g/mol. The molecule has 0 spiro atoms. The van der Waals surface area contributed by atoms with Crippen molar-refractivity contribution in [2.24, 2.45) is 5.92 Å². The Labute approximate surface area is 124 Å². The molecular formula is C18H30N2. The molecule has 1 aliphatic heterocycles. The van der Waals surface area contributed by atoms with Gasteiger partial charge >= 0.3 is 0 Å². The van der Waals surface area contributed by atoms with Crippen LogP contribution < -0.4 is 5.32 Å². The monoisotopic (exact) mass is 274 g/mol. The van der Waals surface area contributed by atoms with E-state index in [2.05, 4.69) is 68.4 Å². The van der Waals surface area contributed by atoms with Crippen LogP contribution in [0.25, 0.3) is 0 Å². The zero-order valence-corrected chi connectivity index (χ0v) is 13.5. The molecule has 0 amide bonds. The molecule has 0 aliphatic carbocycles. The second-order valence-corrected chi connectivity index (χ2v) is 6.80. The molecule has 1 N–H and O–H groups in total. The highest BCUT2D eigenvalue weighted by atomic mass is 15.1. The van der Waals surface area contributed by atoms with Gasteiger partial charge in [0.15, 0.2) is 0 Å². The van der Waals surface area contributed by atoms with Crippen molar-refractivity contribution in [3.05, 3.63) is 35.9 Å². The van der Waals surface area contributed by atoms with Gasteiger partial charge in [0.25, 0.3) is 0 Å². The molecule has 1 atom stereocenters. The van der Waals surface area contributed by atoms with E-state index in [1.807, 2.05) is 0 Å². The predicted molar refractivity (Wildman–Crippen MR) is 87.2 cm³/mol. The van der Waals surface area contributed by atoms with Crippen molar-refractivity contribution in [1.29, 1.82) is 0 Å². The average Bonchev–Trinajstić information content (AvgIpc) is 2.48. The standard InChI is InChI=1S/C18H30N2/c1-15(2)16(3)20(4)14-18(10-12-19-13-11-18)17-8-6-5-7-9-17/h5-9,15-16,19H,10-14H2,1-4H3. The second kappa shape index (κ2) is 6.73. The molecule has 2 nitrogen and oxygen atoms in total. The highest BCUT2D eigenvalue weighted by molar-refractivity contribution is 5.27. The van der Waals surface area contributed by atoms with Crippen molar-refractivity contribution >= 4 is 0 Å². The van der Waals surface area contributed by atoms with Crippen LogP contribution in [-0.2, 0) is 5.41 Å². The third-order valence-corrected chi connectivity index (χ3v) is 5.16. The van der Waals surface area contributed by atoms with Gasteiger partial charge in [-0.05, 0) is 51.4 Å². The van der Waals surface area contributed by atoms with Gasteiger partial charge in [0.1, 0.15) is 0 Å². The molecule has 1 aliphatic rings. The van der Waals surface area contributed by atoms with Crippen molar-refractivity contribution in [2.75, 3.05) is 26.7 Å². The summed E-state index contributed by atoms with van der Waals surface area (Å²) in [4.78, 5) is 2.56. The zero-order valence-electron chi connectivity index (χ0n) is 13.5. The summed E-state index contributed by atoms with van der Waals surface area (Å²) in [7, 11) is 2.29. The molecule has 0 saturated carbocycles. The van der Waals surface area contributed by atoms with Gasteiger partial charge < -0.3 is 10.2 Å². The van der Waals surface area contributed by atoms with Crippen LogP contribution in [0.2, 0.25) is 0 Å². The number of nitrogens with one attached hydrogen (secondary N) is 1. The van der Waals surface area contributed by atoms with Crippen molar-refractivity contribution in [1.82, 2.24) is 10.2 Å². The van der Waals surface area contributed by atoms with E-state index >= 15 is 0 Å². The minimum absolute atomic E-state index is 0.324. The third kappa shape index (κ3) is 3.42. The molecule has 2 heteroatoms. The van der Waals surface area contributed by atoms with Crippen LogP contribution in [-0.4, -0.2) is 37.6 Å². The SMILES string of the molecule is CC(C)C(C)N(C)CC1(c2ccccc2)CCNCC1. The van der Waals surface area contributed by atoms with Gasteiger partial charge in [0.2, 0.25) is 0 Å². The summed E-state index contributed by atoms with van der Waals surface area (Å²) >= 11 is 0. The summed E-state index contributed by atoms with van der Waals surface area (Å²) in [5, 5.41) is 3.52. The number of hydrogen-bond acceptors (Lipinski definition) is 2. The fourth-order valence-corrected chi connectivity index (χ4v) is 3.37. The van der Waals surface area contributed by atoms with Crippen molar-refractivity contribution in [3.63, 3.8) is 0 Å². The molecule has 112 valence electrons. The Morgan fingerprint density at radius 2 is 1.70 bits per heavy atom. The number of nitrogens with zero attached hydrogens (tertiary/aromatic N) is 1. The Bertz CT molecular complexity index is 393. The Hall–Kier alpha value is -0.860. The largest absolute Gasteiger partial charge is 0.317 e. The van der Waals surface area contributed by atoms with Crippen LogP contribution in [0.15, 0.2) is 30.3 Å². The first-order chi connectivity index (χ1) is 9.55. The first-order valence-electron chi connectivity index (χ1n) is 8.02. The predicted octanol–water partition coefficient (Wildman–Crippen LogP) is 3.28. The van der Waals surface area contributed by atoms with Crippen LogP contribution in [0.5, 0.6) is 0 Å². The number of rotatable bonds is 5. The minimum atomic E-state index is 0.324. The number of likely N-dealkylation sites (N-methyl/N-ethyl adjacent to an activating group) is 1. The molecule has 1 aromatic rings. The smallest absolute Gasteiger partial charge is 0.0104 e. The molecule has 1 saturated heterocycles. The summed E-state index contributed by atoms with van der Waals surface area (Å²) in [5.41, 5.74) is 1.84. The molecule has 20 heavy (non-hydrogen) atoms. The Morgan fingerprint density at radius 3 is 2.25 bits per heavy atom. The van der Waals surface area contributed by atoms with E-state index in [9.17, 15) is 0 Å². The molecule has 1 heterocycles. The van der Waals surface area contributed by atoms with Crippen molar-refractivity contribution in [2.45, 2.75) is 45.1 Å². The topological polar surface area (TPSA) is 15.3 Å². The highest BCUT2D eigenvalue weighted by Crippen LogP contribution is 2.34. The van der Waals surface area contributed by atoms with Crippen LogP contribution in [0.4, 0.5) is 0 Å².